The Morgan fingerprint density at radius 1 is 1.05 bits per heavy atom. The molecule has 20 heavy (non-hydrogen) atoms. The Balaban J connectivity index is 1.96. The fraction of sp³-hybridized carbons (Fsp3) is 0.133. The van der Waals surface area contributed by atoms with E-state index in [2.05, 4.69) is 15.4 Å². The molecule has 0 amide bonds. The van der Waals surface area contributed by atoms with E-state index in [0.717, 1.165) is 16.8 Å². The average Bonchev–Trinajstić information content (AvgIpc) is 2.98. The summed E-state index contributed by atoms with van der Waals surface area (Å²) in [4.78, 5) is 1.52. The van der Waals surface area contributed by atoms with Gasteiger partial charge in [-0.3, -0.25) is 0 Å². The predicted octanol–water partition coefficient (Wildman–Crippen LogP) is 2.35. The molecule has 100 valence electrons. The van der Waals surface area contributed by atoms with E-state index in [4.69, 9.17) is 5.73 Å². The maximum Gasteiger partial charge on any atom is 0.205 e. The molecular formula is C15H15N5. The molecule has 1 unspecified atom stereocenters. The van der Waals surface area contributed by atoms with Crippen molar-refractivity contribution < 1.29 is 0 Å². The Labute approximate surface area is 117 Å². The zero-order valence-electron chi connectivity index (χ0n) is 11.1. The SMILES string of the molecule is CC(N)c1cccc(-n2nnc(-c3ccccc3)n2)c1. The van der Waals surface area contributed by atoms with Crippen molar-refractivity contribution in [3.8, 4) is 17.1 Å². The molecule has 0 aliphatic rings. The number of aromatic nitrogens is 4. The third-order valence-electron chi connectivity index (χ3n) is 3.07. The first-order chi connectivity index (χ1) is 9.74. The summed E-state index contributed by atoms with van der Waals surface area (Å²) in [5.41, 5.74) is 8.74. The van der Waals surface area contributed by atoms with E-state index in [-0.39, 0.29) is 6.04 Å². The van der Waals surface area contributed by atoms with Crippen molar-refractivity contribution in [3.63, 3.8) is 0 Å². The largest absolute Gasteiger partial charge is 0.324 e. The zero-order valence-corrected chi connectivity index (χ0v) is 11.1. The number of hydrogen-bond donors (Lipinski definition) is 1. The van der Waals surface area contributed by atoms with Gasteiger partial charge in [0, 0.05) is 11.6 Å². The van der Waals surface area contributed by atoms with Crippen LogP contribution in [0.25, 0.3) is 17.1 Å². The highest BCUT2D eigenvalue weighted by Gasteiger charge is 2.08. The van der Waals surface area contributed by atoms with Crippen LogP contribution in [0.4, 0.5) is 0 Å². The van der Waals surface area contributed by atoms with E-state index >= 15 is 0 Å². The molecule has 1 atom stereocenters. The first-order valence-corrected chi connectivity index (χ1v) is 6.45. The van der Waals surface area contributed by atoms with E-state index in [1.54, 1.807) is 0 Å². The van der Waals surface area contributed by atoms with Crippen LogP contribution in [0.3, 0.4) is 0 Å². The summed E-state index contributed by atoms with van der Waals surface area (Å²) in [5, 5.41) is 12.6. The van der Waals surface area contributed by atoms with Crippen LogP contribution in [0.15, 0.2) is 54.6 Å². The number of nitrogens with zero attached hydrogens (tertiary/aromatic N) is 4. The molecule has 1 aromatic heterocycles. The molecule has 0 aliphatic carbocycles. The van der Waals surface area contributed by atoms with Gasteiger partial charge in [-0.1, -0.05) is 42.5 Å². The molecule has 5 heteroatoms. The van der Waals surface area contributed by atoms with E-state index in [0.29, 0.717) is 5.82 Å². The van der Waals surface area contributed by atoms with Gasteiger partial charge < -0.3 is 5.73 Å². The van der Waals surface area contributed by atoms with Gasteiger partial charge in [-0.15, -0.1) is 15.0 Å². The first-order valence-electron chi connectivity index (χ1n) is 6.45. The second kappa shape index (κ2) is 5.22. The molecule has 0 bridgehead atoms. The molecule has 1 heterocycles. The quantitative estimate of drug-likeness (QED) is 0.789. The number of rotatable bonds is 3. The fourth-order valence-corrected chi connectivity index (χ4v) is 1.96. The van der Waals surface area contributed by atoms with Gasteiger partial charge >= 0.3 is 0 Å². The van der Waals surface area contributed by atoms with Crippen molar-refractivity contribution >= 4 is 0 Å². The Hall–Kier alpha value is -2.53. The highest BCUT2D eigenvalue weighted by Crippen LogP contribution is 2.16. The van der Waals surface area contributed by atoms with Gasteiger partial charge in [0.25, 0.3) is 0 Å². The Morgan fingerprint density at radius 3 is 2.60 bits per heavy atom. The minimum Gasteiger partial charge on any atom is -0.324 e. The summed E-state index contributed by atoms with van der Waals surface area (Å²) in [7, 11) is 0. The number of tetrazole rings is 1. The van der Waals surface area contributed by atoms with E-state index in [9.17, 15) is 0 Å². The van der Waals surface area contributed by atoms with Crippen molar-refractivity contribution in [1.82, 2.24) is 20.2 Å². The summed E-state index contributed by atoms with van der Waals surface area (Å²) < 4.78 is 0. The smallest absolute Gasteiger partial charge is 0.205 e. The number of hydrogen-bond acceptors (Lipinski definition) is 4. The Bertz CT molecular complexity index is 703. The zero-order chi connectivity index (χ0) is 13.9. The second-order valence-corrected chi connectivity index (χ2v) is 4.65. The summed E-state index contributed by atoms with van der Waals surface area (Å²) in [5.74, 6) is 0.608. The van der Waals surface area contributed by atoms with Gasteiger partial charge in [0.15, 0.2) is 0 Å². The van der Waals surface area contributed by atoms with Crippen molar-refractivity contribution in [1.29, 1.82) is 0 Å². The molecule has 3 aromatic rings. The van der Waals surface area contributed by atoms with Gasteiger partial charge in [-0.2, -0.15) is 0 Å². The monoisotopic (exact) mass is 265 g/mol. The predicted molar refractivity (Wildman–Crippen MR) is 77.2 cm³/mol. The van der Waals surface area contributed by atoms with Crippen LogP contribution in [0.2, 0.25) is 0 Å². The molecule has 0 radical (unpaired) electrons. The lowest BCUT2D eigenvalue weighted by molar-refractivity contribution is 0.715. The molecule has 0 saturated heterocycles. The summed E-state index contributed by atoms with van der Waals surface area (Å²) in [6.45, 7) is 1.95. The van der Waals surface area contributed by atoms with Crippen LogP contribution in [0.1, 0.15) is 18.5 Å². The molecule has 5 nitrogen and oxygen atoms in total. The van der Waals surface area contributed by atoms with Crippen LogP contribution in [-0.2, 0) is 0 Å². The second-order valence-electron chi connectivity index (χ2n) is 4.65. The van der Waals surface area contributed by atoms with Crippen molar-refractivity contribution in [3.05, 3.63) is 60.2 Å². The van der Waals surface area contributed by atoms with Crippen LogP contribution >= 0.6 is 0 Å². The molecule has 0 aliphatic heterocycles. The molecule has 2 N–H and O–H groups in total. The third-order valence-corrected chi connectivity index (χ3v) is 3.07. The van der Waals surface area contributed by atoms with Crippen molar-refractivity contribution in [2.45, 2.75) is 13.0 Å². The fourth-order valence-electron chi connectivity index (χ4n) is 1.96. The van der Waals surface area contributed by atoms with Crippen molar-refractivity contribution in [2.24, 2.45) is 5.73 Å². The Kier molecular flexibility index (Phi) is 3.26. The van der Waals surface area contributed by atoms with Gasteiger partial charge in [-0.05, 0) is 29.8 Å². The molecule has 0 saturated carbocycles. The Morgan fingerprint density at radius 2 is 1.85 bits per heavy atom. The lowest BCUT2D eigenvalue weighted by Crippen LogP contribution is -2.06. The van der Waals surface area contributed by atoms with Crippen molar-refractivity contribution in [2.75, 3.05) is 0 Å². The third kappa shape index (κ3) is 2.44. The van der Waals surface area contributed by atoms with Crippen LogP contribution in [-0.4, -0.2) is 20.2 Å². The van der Waals surface area contributed by atoms with Gasteiger partial charge in [0.2, 0.25) is 5.82 Å². The first kappa shape index (κ1) is 12.5. The lowest BCUT2D eigenvalue weighted by Gasteiger charge is -2.06. The number of nitrogens with two attached hydrogens (primary N) is 1. The molecule has 0 spiro atoms. The van der Waals surface area contributed by atoms with Gasteiger partial charge in [-0.25, -0.2) is 0 Å². The molecule has 3 rings (SSSR count). The maximum atomic E-state index is 5.89. The van der Waals surface area contributed by atoms with Crippen LogP contribution < -0.4 is 5.73 Å². The van der Waals surface area contributed by atoms with Gasteiger partial charge in [0.1, 0.15) is 0 Å². The molecule has 0 fully saturated rings. The summed E-state index contributed by atoms with van der Waals surface area (Å²) in [6, 6.07) is 17.6. The summed E-state index contributed by atoms with van der Waals surface area (Å²) in [6.07, 6.45) is 0. The lowest BCUT2D eigenvalue weighted by atomic mass is 10.1. The topological polar surface area (TPSA) is 69.6 Å². The maximum absolute atomic E-state index is 5.89. The highest BCUT2D eigenvalue weighted by atomic mass is 15.6. The van der Waals surface area contributed by atoms with E-state index < -0.39 is 0 Å². The summed E-state index contributed by atoms with van der Waals surface area (Å²) >= 11 is 0. The molecule has 2 aromatic carbocycles. The average molecular weight is 265 g/mol. The normalized spacial score (nSPS) is 12.3. The van der Waals surface area contributed by atoms with Crippen LogP contribution in [0, 0.1) is 0 Å². The highest BCUT2D eigenvalue weighted by molar-refractivity contribution is 5.53. The minimum atomic E-state index is -0.0212. The minimum absolute atomic E-state index is 0.0212. The van der Waals surface area contributed by atoms with Gasteiger partial charge in [0.05, 0.1) is 5.69 Å². The van der Waals surface area contributed by atoms with E-state index in [1.165, 1.54) is 4.80 Å². The van der Waals surface area contributed by atoms with E-state index in [1.807, 2.05) is 61.5 Å². The number of benzene rings is 2. The van der Waals surface area contributed by atoms with Crippen LogP contribution in [0.5, 0.6) is 0 Å². The molecular weight excluding hydrogens is 250 g/mol. The standard InChI is InChI=1S/C15H15N5/c1-11(16)13-8-5-9-14(10-13)20-18-15(17-19-20)12-6-3-2-4-7-12/h2-11H,16H2,1H3.